The highest BCUT2D eigenvalue weighted by molar-refractivity contribution is 6.30. The zero-order chi connectivity index (χ0) is 15.6. The number of ether oxygens (including phenoxy) is 1. The highest BCUT2D eigenvalue weighted by Gasteiger charge is 2.16. The molecule has 3 nitrogen and oxygen atoms in total. The molecule has 0 spiro atoms. The van der Waals surface area contributed by atoms with Crippen LogP contribution in [0.3, 0.4) is 0 Å². The number of hydrogen-bond acceptors (Lipinski definition) is 2. The van der Waals surface area contributed by atoms with Crippen molar-refractivity contribution in [2.24, 2.45) is 0 Å². The van der Waals surface area contributed by atoms with Gasteiger partial charge in [-0.2, -0.15) is 0 Å². The first-order valence-corrected chi connectivity index (χ1v) is 7.10. The number of aromatic nitrogens is 1. The van der Waals surface area contributed by atoms with Crippen molar-refractivity contribution in [1.29, 1.82) is 0 Å². The minimum Gasteiger partial charge on any atom is -0.482 e. The molecular formula is C16H17ClFNO2. The van der Waals surface area contributed by atoms with Crippen LogP contribution in [0.25, 0.3) is 0 Å². The van der Waals surface area contributed by atoms with E-state index < -0.39 is 5.82 Å². The summed E-state index contributed by atoms with van der Waals surface area (Å²) in [6.45, 7) is 6.45. The van der Waals surface area contributed by atoms with Crippen LogP contribution >= 0.6 is 11.6 Å². The Morgan fingerprint density at radius 1 is 1.38 bits per heavy atom. The second kappa shape index (κ2) is 6.31. The number of aryl methyl sites for hydroxylation is 1. The van der Waals surface area contributed by atoms with Crippen LogP contribution in [-0.2, 0) is 6.54 Å². The summed E-state index contributed by atoms with van der Waals surface area (Å²) in [5, 5.41) is -0.0240. The van der Waals surface area contributed by atoms with Crippen LogP contribution in [0.1, 0.15) is 28.7 Å². The van der Waals surface area contributed by atoms with Gasteiger partial charge in [0.15, 0.2) is 18.2 Å². The van der Waals surface area contributed by atoms with Crippen LogP contribution in [0.2, 0.25) is 5.02 Å². The molecule has 21 heavy (non-hydrogen) atoms. The van der Waals surface area contributed by atoms with Crippen molar-refractivity contribution in [3.63, 3.8) is 0 Å². The van der Waals surface area contributed by atoms with E-state index in [1.54, 1.807) is 6.07 Å². The number of Topliss-reactive ketones (excluding diaryl/α,β-unsaturated/α-hetero) is 1. The van der Waals surface area contributed by atoms with E-state index in [1.807, 2.05) is 31.4 Å². The molecule has 1 heterocycles. The third-order valence-electron chi connectivity index (χ3n) is 3.47. The van der Waals surface area contributed by atoms with Gasteiger partial charge >= 0.3 is 0 Å². The average molecular weight is 310 g/mol. The van der Waals surface area contributed by atoms with Crippen molar-refractivity contribution in [2.45, 2.75) is 27.3 Å². The van der Waals surface area contributed by atoms with Gasteiger partial charge < -0.3 is 9.30 Å². The Kier molecular flexibility index (Phi) is 4.68. The van der Waals surface area contributed by atoms with Gasteiger partial charge in [-0.1, -0.05) is 17.7 Å². The molecule has 0 bridgehead atoms. The van der Waals surface area contributed by atoms with E-state index in [0.717, 1.165) is 17.9 Å². The zero-order valence-electron chi connectivity index (χ0n) is 12.2. The fourth-order valence-corrected chi connectivity index (χ4v) is 2.55. The average Bonchev–Trinajstić information content (AvgIpc) is 2.75. The van der Waals surface area contributed by atoms with Crippen LogP contribution in [0.5, 0.6) is 5.75 Å². The maximum absolute atomic E-state index is 13.7. The van der Waals surface area contributed by atoms with Gasteiger partial charge in [-0.05, 0) is 39.0 Å². The Bertz CT molecular complexity index is 679. The third-order valence-corrected chi connectivity index (χ3v) is 3.76. The summed E-state index contributed by atoms with van der Waals surface area (Å²) >= 11 is 5.67. The molecule has 0 amide bonds. The lowest BCUT2D eigenvalue weighted by Crippen LogP contribution is -2.13. The predicted octanol–water partition coefficient (Wildman–Crippen LogP) is 4.18. The Hall–Kier alpha value is -1.81. The molecule has 0 radical (unpaired) electrons. The number of halogens is 2. The Labute approximate surface area is 128 Å². The Morgan fingerprint density at radius 3 is 2.71 bits per heavy atom. The van der Waals surface area contributed by atoms with E-state index in [9.17, 15) is 9.18 Å². The van der Waals surface area contributed by atoms with E-state index >= 15 is 0 Å². The van der Waals surface area contributed by atoms with E-state index in [0.29, 0.717) is 5.56 Å². The minimum absolute atomic E-state index is 0.0138. The topological polar surface area (TPSA) is 31.2 Å². The monoisotopic (exact) mass is 309 g/mol. The van der Waals surface area contributed by atoms with Gasteiger partial charge in [0.2, 0.25) is 5.78 Å². The quantitative estimate of drug-likeness (QED) is 0.776. The van der Waals surface area contributed by atoms with E-state index in [4.69, 9.17) is 16.3 Å². The van der Waals surface area contributed by atoms with Gasteiger partial charge in [-0.15, -0.1) is 0 Å². The SMILES string of the molecule is CCn1c(C)cc(C(=O)COc2cccc(Cl)c2F)c1C. The molecule has 112 valence electrons. The first kappa shape index (κ1) is 15.6. The van der Waals surface area contributed by atoms with Crippen molar-refractivity contribution in [1.82, 2.24) is 4.57 Å². The van der Waals surface area contributed by atoms with Crippen LogP contribution in [0, 0.1) is 19.7 Å². The molecule has 2 aromatic rings. The van der Waals surface area contributed by atoms with Gasteiger partial charge in [0, 0.05) is 23.5 Å². The maximum Gasteiger partial charge on any atom is 0.202 e. The number of ketones is 1. The molecule has 0 saturated heterocycles. The molecule has 0 aliphatic heterocycles. The van der Waals surface area contributed by atoms with Gasteiger partial charge in [0.05, 0.1) is 5.02 Å². The summed E-state index contributed by atoms with van der Waals surface area (Å²) in [5.74, 6) is -0.840. The molecule has 0 unspecified atom stereocenters. The van der Waals surface area contributed by atoms with Crippen LogP contribution in [0.4, 0.5) is 4.39 Å². The summed E-state index contributed by atoms with van der Waals surface area (Å²) in [4.78, 5) is 12.2. The predicted molar refractivity (Wildman–Crippen MR) is 80.8 cm³/mol. The molecule has 0 saturated carbocycles. The van der Waals surface area contributed by atoms with Crippen molar-refractivity contribution in [3.05, 3.63) is 52.1 Å². The van der Waals surface area contributed by atoms with Crippen molar-refractivity contribution < 1.29 is 13.9 Å². The second-order valence-corrected chi connectivity index (χ2v) is 5.20. The lowest BCUT2D eigenvalue weighted by molar-refractivity contribution is 0.0918. The maximum atomic E-state index is 13.7. The third kappa shape index (κ3) is 3.10. The highest BCUT2D eigenvalue weighted by Crippen LogP contribution is 2.24. The van der Waals surface area contributed by atoms with Crippen LogP contribution < -0.4 is 4.74 Å². The largest absolute Gasteiger partial charge is 0.482 e. The smallest absolute Gasteiger partial charge is 0.202 e. The first-order chi connectivity index (χ1) is 9.95. The van der Waals surface area contributed by atoms with E-state index in [1.165, 1.54) is 12.1 Å². The zero-order valence-corrected chi connectivity index (χ0v) is 13.0. The lowest BCUT2D eigenvalue weighted by Gasteiger charge is -2.08. The number of benzene rings is 1. The number of rotatable bonds is 5. The molecule has 1 aromatic carbocycles. The summed E-state index contributed by atoms with van der Waals surface area (Å²) in [6.07, 6.45) is 0. The summed E-state index contributed by atoms with van der Waals surface area (Å²) in [6, 6.07) is 6.29. The number of nitrogens with zero attached hydrogens (tertiary/aromatic N) is 1. The second-order valence-electron chi connectivity index (χ2n) is 4.79. The lowest BCUT2D eigenvalue weighted by atomic mass is 10.1. The number of carbonyl (C=O) groups excluding carboxylic acids is 1. The van der Waals surface area contributed by atoms with Gasteiger partial charge in [-0.3, -0.25) is 4.79 Å². The molecule has 0 fully saturated rings. The fraction of sp³-hybridized carbons (Fsp3) is 0.312. The van der Waals surface area contributed by atoms with Crippen molar-refractivity contribution >= 4 is 17.4 Å². The van der Waals surface area contributed by atoms with Crippen molar-refractivity contribution in [3.8, 4) is 5.75 Å². The van der Waals surface area contributed by atoms with Gasteiger partial charge in [0.1, 0.15) is 0 Å². The molecular weight excluding hydrogens is 293 g/mol. The molecule has 0 aliphatic carbocycles. The molecule has 2 rings (SSSR count). The minimum atomic E-state index is -0.647. The summed E-state index contributed by atoms with van der Waals surface area (Å²) in [5.41, 5.74) is 2.53. The Morgan fingerprint density at radius 2 is 2.10 bits per heavy atom. The normalized spacial score (nSPS) is 10.7. The number of carbonyl (C=O) groups is 1. The fourth-order valence-electron chi connectivity index (χ4n) is 2.39. The number of hydrogen-bond donors (Lipinski definition) is 0. The molecule has 1 aromatic heterocycles. The molecule has 0 aliphatic rings. The summed E-state index contributed by atoms with van der Waals surface area (Å²) in [7, 11) is 0. The summed E-state index contributed by atoms with van der Waals surface area (Å²) < 4.78 is 21.0. The first-order valence-electron chi connectivity index (χ1n) is 6.72. The van der Waals surface area contributed by atoms with E-state index in [-0.39, 0.29) is 23.2 Å². The van der Waals surface area contributed by atoms with Gasteiger partial charge in [0.25, 0.3) is 0 Å². The highest BCUT2D eigenvalue weighted by atomic mass is 35.5. The molecule has 5 heteroatoms. The Balaban J connectivity index is 2.14. The standard InChI is InChI=1S/C16H17ClFNO2/c1-4-19-10(2)8-12(11(19)3)14(20)9-21-15-7-5-6-13(17)16(15)18/h5-8H,4,9H2,1-3H3. The van der Waals surface area contributed by atoms with Crippen LogP contribution in [0.15, 0.2) is 24.3 Å². The van der Waals surface area contributed by atoms with Crippen LogP contribution in [-0.4, -0.2) is 17.0 Å². The molecule has 0 N–H and O–H groups in total. The molecule has 0 atom stereocenters. The van der Waals surface area contributed by atoms with E-state index in [2.05, 4.69) is 0 Å². The van der Waals surface area contributed by atoms with Crippen molar-refractivity contribution in [2.75, 3.05) is 6.61 Å². The van der Waals surface area contributed by atoms with Gasteiger partial charge in [-0.25, -0.2) is 4.39 Å².